The maximum Gasteiger partial charge on any atom is 0.168 e. The predicted molar refractivity (Wildman–Crippen MR) is 81.8 cm³/mol. The smallest absolute Gasteiger partial charge is 0.168 e. The molecule has 3 heterocycles. The van der Waals surface area contributed by atoms with Crippen LogP contribution in [0.15, 0.2) is 30.6 Å². The van der Waals surface area contributed by atoms with E-state index in [1.54, 1.807) is 23.0 Å². The van der Waals surface area contributed by atoms with E-state index in [0.717, 1.165) is 33.6 Å². The van der Waals surface area contributed by atoms with Crippen LogP contribution in [0.4, 0.5) is 4.39 Å². The van der Waals surface area contributed by atoms with Crippen LogP contribution >= 0.6 is 0 Å². The topological polar surface area (TPSA) is 48.0 Å². The second kappa shape index (κ2) is 4.37. The molecule has 0 amide bonds. The van der Waals surface area contributed by atoms with Crippen LogP contribution in [0.25, 0.3) is 22.4 Å². The Kier molecular flexibility index (Phi) is 2.57. The summed E-state index contributed by atoms with van der Waals surface area (Å²) in [5, 5.41) is 5.29. The SMILES string of the molecule is Cc1nc2c3c(C)c(C)n(-c4ccc(F)cc4)c3ncn2n1. The van der Waals surface area contributed by atoms with Crippen molar-refractivity contribution in [1.82, 2.24) is 24.1 Å². The predicted octanol–water partition coefficient (Wildman–Crippen LogP) is 3.13. The molecule has 5 nitrogen and oxygen atoms in total. The van der Waals surface area contributed by atoms with Crippen molar-refractivity contribution in [2.75, 3.05) is 0 Å². The van der Waals surface area contributed by atoms with Crippen molar-refractivity contribution in [3.8, 4) is 5.69 Å². The Balaban J connectivity index is 2.13. The number of hydrogen-bond acceptors (Lipinski definition) is 3. The second-order valence-corrected chi connectivity index (χ2v) is 5.39. The van der Waals surface area contributed by atoms with E-state index in [9.17, 15) is 4.39 Å². The number of aryl methyl sites for hydroxylation is 2. The van der Waals surface area contributed by atoms with Gasteiger partial charge in [0, 0.05) is 11.4 Å². The van der Waals surface area contributed by atoms with E-state index in [1.807, 2.05) is 25.3 Å². The summed E-state index contributed by atoms with van der Waals surface area (Å²) in [5.41, 5.74) is 4.64. The van der Waals surface area contributed by atoms with Crippen molar-refractivity contribution in [2.24, 2.45) is 0 Å². The first kappa shape index (κ1) is 12.9. The summed E-state index contributed by atoms with van der Waals surface area (Å²) in [6.45, 7) is 5.93. The van der Waals surface area contributed by atoms with E-state index in [4.69, 9.17) is 0 Å². The fraction of sp³-hybridized carbons (Fsp3) is 0.188. The Bertz CT molecular complexity index is 1010. The highest BCUT2D eigenvalue weighted by Crippen LogP contribution is 2.29. The molecule has 0 aliphatic heterocycles. The summed E-state index contributed by atoms with van der Waals surface area (Å²) in [7, 11) is 0. The molecule has 0 saturated heterocycles. The summed E-state index contributed by atoms with van der Waals surface area (Å²) in [5.74, 6) is 0.457. The summed E-state index contributed by atoms with van der Waals surface area (Å²) in [6, 6.07) is 6.41. The summed E-state index contributed by atoms with van der Waals surface area (Å²) in [4.78, 5) is 9.04. The molecule has 0 radical (unpaired) electrons. The highest BCUT2D eigenvalue weighted by molar-refractivity contribution is 5.94. The molecule has 0 bridgehead atoms. The van der Waals surface area contributed by atoms with E-state index in [-0.39, 0.29) is 5.82 Å². The third-order valence-electron chi connectivity index (χ3n) is 4.02. The molecule has 0 unspecified atom stereocenters. The number of nitrogens with zero attached hydrogens (tertiary/aromatic N) is 5. The monoisotopic (exact) mass is 295 g/mol. The molecule has 0 saturated carbocycles. The molecule has 0 atom stereocenters. The zero-order valence-electron chi connectivity index (χ0n) is 12.5. The van der Waals surface area contributed by atoms with Gasteiger partial charge >= 0.3 is 0 Å². The van der Waals surface area contributed by atoms with Gasteiger partial charge in [-0.15, -0.1) is 0 Å². The minimum absolute atomic E-state index is 0.252. The quantitative estimate of drug-likeness (QED) is 0.542. The molecule has 0 N–H and O–H groups in total. The van der Waals surface area contributed by atoms with Gasteiger partial charge in [0.05, 0.1) is 5.39 Å². The number of halogens is 1. The van der Waals surface area contributed by atoms with Crippen molar-refractivity contribution in [3.05, 3.63) is 53.5 Å². The van der Waals surface area contributed by atoms with Crippen LogP contribution in [0.3, 0.4) is 0 Å². The van der Waals surface area contributed by atoms with Gasteiger partial charge in [0.2, 0.25) is 0 Å². The average molecular weight is 295 g/mol. The third kappa shape index (κ3) is 1.67. The van der Waals surface area contributed by atoms with Gasteiger partial charge in [0.15, 0.2) is 11.3 Å². The number of benzene rings is 1. The van der Waals surface area contributed by atoms with Crippen LogP contribution in [0.2, 0.25) is 0 Å². The van der Waals surface area contributed by atoms with Gasteiger partial charge in [0.1, 0.15) is 18.0 Å². The standard InChI is InChI=1S/C16H14FN5/c1-9-10(2)22(13-6-4-12(17)5-7-13)15-14(9)16-19-11(3)20-21(16)8-18-15/h4-8H,1-3H3. The molecule has 1 aromatic carbocycles. The van der Waals surface area contributed by atoms with E-state index >= 15 is 0 Å². The first-order chi connectivity index (χ1) is 10.6. The van der Waals surface area contributed by atoms with Crippen molar-refractivity contribution < 1.29 is 4.39 Å². The second-order valence-electron chi connectivity index (χ2n) is 5.39. The molecule has 22 heavy (non-hydrogen) atoms. The molecular formula is C16H14FN5. The number of aromatic nitrogens is 5. The molecule has 4 aromatic rings. The van der Waals surface area contributed by atoms with Gasteiger partial charge < -0.3 is 0 Å². The van der Waals surface area contributed by atoms with Gasteiger partial charge in [0.25, 0.3) is 0 Å². The molecule has 0 spiro atoms. The Morgan fingerprint density at radius 3 is 2.45 bits per heavy atom. The zero-order valence-corrected chi connectivity index (χ0v) is 12.5. The maximum absolute atomic E-state index is 13.2. The van der Waals surface area contributed by atoms with Crippen LogP contribution in [-0.4, -0.2) is 24.1 Å². The Morgan fingerprint density at radius 2 is 1.73 bits per heavy atom. The van der Waals surface area contributed by atoms with Gasteiger partial charge in [-0.3, -0.25) is 4.57 Å². The summed E-state index contributed by atoms with van der Waals surface area (Å²) in [6.07, 6.45) is 1.66. The van der Waals surface area contributed by atoms with Crippen LogP contribution in [0.5, 0.6) is 0 Å². The first-order valence-electron chi connectivity index (χ1n) is 7.02. The Morgan fingerprint density at radius 1 is 1.00 bits per heavy atom. The summed E-state index contributed by atoms with van der Waals surface area (Å²) >= 11 is 0. The van der Waals surface area contributed by atoms with Crippen molar-refractivity contribution in [1.29, 1.82) is 0 Å². The van der Waals surface area contributed by atoms with Crippen molar-refractivity contribution in [3.63, 3.8) is 0 Å². The first-order valence-corrected chi connectivity index (χ1v) is 7.02. The Labute approximate surface area is 126 Å². The van der Waals surface area contributed by atoms with Gasteiger partial charge in [-0.1, -0.05) is 0 Å². The molecule has 6 heteroatoms. The summed E-state index contributed by atoms with van der Waals surface area (Å²) < 4.78 is 16.9. The molecule has 0 aliphatic rings. The average Bonchev–Trinajstić information content (AvgIpc) is 2.99. The van der Waals surface area contributed by atoms with Gasteiger partial charge in [-0.05, 0) is 50.6 Å². The number of hydrogen-bond donors (Lipinski definition) is 0. The van der Waals surface area contributed by atoms with Crippen molar-refractivity contribution >= 4 is 16.7 Å². The lowest BCUT2D eigenvalue weighted by Crippen LogP contribution is -1.99. The molecular weight excluding hydrogens is 281 g/mol. The molecule has 4 rings (SSSR count). The fourth-order valence-corrected chi connectivity index (χ4v) is 2.87. The molecule has 110 valence electrons. The largest absolute Gasteiger partial charge is 0.298 e. The van der Waals surface area contributed by atoms with E-state index in [2.05, 4.69) is 15.1 Å². The normalized spacial score (nSPS) is 11.6. The molecule has 0 fully saturated rings. The van der Waals surface area contributed by atoms with Crippen LogP contribution in [0, 0.1) is 26.6 Å². The van der Waals surface area contributed by atoms with Crippen LogP contribution in [0.1, 0.15) is 17.1 Å². The van der Waals surface area contributed by atoms with Crippen LogP contribution in [-0.2, 0) is 0 Å². The van der Waals surface area contributed by atoms with Gasteiger partial charge in [-0.2, -0.15) is 5.10 Å². The fourth-order valence-electron chi connectivity index (χ4n) is 2.87. The van der Waals surface area contributed by atoms with E-state index in [1.165, 1.54) is 12.1 Å². The van der Waals surface area contributed by atoms with Crippen molar-refractivity contribution in [2.45, 2.75) is 20.8 Å². The molecule has 3 aromatic heterocycles. The number of fused-ring (bicyclic) bond motifs is 3. The zero-order chi connectivity index (χ0) is 15.4. The van der Waals surface area contributed by atoms with E-state index < -0.39 is 0 Å². The highest BCUT2D eigenvalue weighted by Gasteiger charge is 2.18. The van der Waals surface area contributed by atoms with Gasteiger partial charge in [-0.25, -0.2) is 18.9 Å². The van der Waals surface area contributed by atoms with E-state index in [0.29, 0.717) is 5.82 Å². The molecule has 0 aliphatic carbocycles. The van der Waals surface area contributed by atoms with Crippen LogP contribution < -0.4 is 0 Å². The Hall–Kier alpha value is -2.76. The number of rotatable bonds is 1. The minimum atomic E-state index is -0.252. The third-order valence-corrected chi connectivity index (χ3v) is 4.02. The highest BCUT2D eigenvalue weighted by atomic mass is 19.1. The minimum Gasteiger partial charge on any atom is -0.298 e. The lowest BCUT2D eigenvalue weighted by Gasteiger charge is -2.07. The maximum atomic E-state index is 13.2. The lowest BCUT2D eigenvalue weighted by atomic mass is 10.2. The lowest BCUT2D eigenvalue weighted by molar-refractivity contribution is 0.627.